The Labute approximate surface area is 94.8 Å². The predicted molar refractivity (Wildman–Crippen MR) is 60.4 cm³/mol. The van der Waals surface area contributed by atoms with Crippen LogP contribution in [-0.2, 0) is 0 Å². The lowest BCUT2D eigenvalue weighted by Crippen LogP contribution is -2.27. The maximum absolute atomic E-state index is 5.93. The van der Waals surface area contributed by atoms with Gasteiger partial charge in [0.2, 0.25) is 0 Å². The fourth-order valence-electron chi connectivity index (χ4n) is 1.89. The van der Waals surface area contributed by atoms with Crippen LogP contribution in [0.2, 0.25) is 5.02 Å². The number of methoxy groups -OCH3 is 1. The van der Waals surface area contributed by atoms with Crippen molar-refractivity contribution in [3.63, 3.8) is 0 Å². The Balaban J connectivity index is 2.20. The average molecular weight is 227 g/mol. The number of nitrogens with zero attached hydrogens (tertiary/aromatic N) is 1. The number of rotatable bonds is 2. The minimum atomic E-state index is 0.352. The van der Waals surface area contributed by atoms with Gasteiger partial charge in [0.15, 0.2) is 0 Å². The highest BCUT2D eigenvalue weighted by molar-refractivity contribution is 6.31. The van der Waals surface area contributed by atoms with Gasteiger partial charge in [-0.1, -0.05) is 18.0 Å². The first kappa shape index (κ1) is 10.7. The van der Waals surface area contributed by atoms with Gasteiger partial charge >= 0.3 is 0 Å². The number of hydrogen-bond donors (Lipinski definition) is 1. The van der Waals surface area contributed by atoms with Crippen LogP contribution in [0, 0.1) is 0 Å². The van der Waals surface area contributed by atoms with E-state index in [1.807, 2.05) is 6.07 Å². The summed E-state index contributed by atoms with van der Waals surface area (Å²) in [5.74, 6) is 0.703. The minimum Gasteiger partial charge on any atom is -0.495 e. The third kappa shape index (κ3) is 2.41. The first-order chi connectivity index (χ1) is 7.31. The molecule has 3 nitrogen and oxygen atoms in total. The summed E-state index contributed by atoms with van der Waals surface area (Å²) < 4.78 is 5.18. The molecule has 1 saturated heterocycles. The van der Waals surface area contributed by atoms with Crippen molar-refractivity contribution in [1.29, 1.82) is 0 Å². The lowest BCUT2D eigenvalue weighted by Gasteiger charge is -2.23. The Bertz CT molecular complexity index is 337. The molecule has 2 heterocycles. The fourth-order valence-corrected chi connectivity index (χ4v) is 2.07. The van der Waals surface area contributed by atoms with E-state index in [1.165, 1.54) is 12.8 Å². The van der Waals surface area contributed by atoms with Crippen LogP contribution < -0.4 is 10.1 Å². The molecule has 1 fully saturated rings. The van der Waals surface area contributed by atoms with Crippen molar-refractivity contribution in [2.75, 3.05) is 13.7 Å². The molecule has 0 radical (unpaired) electrons. The van der Waals surface area contributed by atoms with E-state index in [-0.39, 0.29) is 0 Å². The molecule has 0 spiro atoms. The summed E-state index contributed by atoms with van der Waals surface area (Å²) >= 11 is 5.93. The number of pyridine rings is 1. The van der Waals surface area contributed by atoms with E-state index in [9.17, 15) is 0 Å². The van der Waals surface area contributed by atoms with Crippen LogP contribution in [0.3, 0.4) is 0 Å². The Morgan fingerprint density at radius 2 is 2.40 bits per heavy atom. The number of ether oxygens (including phenoxy) is 1. The van der Waals surface area contributed by atoms with E-state index in [0.29, 0.717) is 16.8 Å². The van der Waals surface area contributed by atoms with Crippen molar-refractivity contribution >= 4 is 11.6 Å². The molecule has 1 aromatic heterocycles. The van der Waals surface area contributed by atoms with Crippen LogP contribution in [0.1, 0.15) is 31.0 Å². The van der Waals surface area contributed by atoms with Gasteiger partial charge in [0.1, 0.15) is 10.8 Å². The van der Waals surface area contributed by atoms with E-state index < -0.39 is 0 Å². The van der Waals surface area contributed by atoms with Crippen molar-refractivity contribution in [3.05, 3.63) is 23.0 Å². The highest BCUT2D eigenvalue weighted by atomic mass is 35.5. The lowest BCUT2D eigenvalue weighted by molar-refractivity contribution is 0.394. The molecule has 0 amide bonds. The molecular weight excluding hydrogens is 212 g/mol. The molecule has 1 N–H and O–H groups in total. The molecular formula is C11H15ClN2O. The summed E-state index contributed by atoms with van der Waals surface area (Å²) in [6.45, 7) is 1.07. The van der Waals surface area contributed by atoms with Crippen molar-refractivity contribution in [2.45, 2.75) is 25.3 Å². The Hall–Kier alpha value is -0.800. The Morgan fingerprint density at radius 1 is 1.53 bits per heavy atom. The molecule has 0 aliphatic carbocycles. The summed E-state index contributed by atoms with van der Waals surface area (Å²) in [5.41, 5.74) is 1.02. The van der Waals surface area contributed by atoms with Crippen molar-refractivity contribution < 1.29 is 4.74 Å². The molecule has 2 rings (SSSR count). The van der Waals surface area contributed by atoms with Crippen molar-refractivity contribution in [2.24, 2.45) is 0 Å². The number of aromatic nitrogens is 1. The molecule has 0 aromatic carbocycles. The lowest BCUT2D eigenvalue weighted by atomic mass is 10.0. The largest absolute Gasteiger partial charge is 0.495 e. The first-order valence-corrected chi connectivity index (χ1v) is 5.62. The Kier molecular flexibility index (Phi) is 3.44. The molecule has 1 aliphatic rings. The molecule has 15 heavy (non-hydrogen) atoms. The van der Waals surface area contributed by atoms with Gasteiger partial charge < -0.3 is 10.1 Å². The van der Waals surface area contributed by atoms with Crippen molar-refractivity contribution in [1.82, 2.24) is 10.3 Å². The van der Waals surface area contributed by atoms with Gasteiger partial charge in [-0.3, -0.25) is 4.98 Å². The van der Waals surface area contributed by atoms with Gasteiger partial charge in [0.05, 0.1) is 12.8 Å². The summed E-state index contributed by atoms with van der Waals surface area (Å²) in [6, 6.07) is 2.27. The molecule has 0 bridgehead atoms. The quantitative estimate of drug-likeness (QED) is 0.842. The fraction of sp³-hybridized carbons (Fsp3) is 0.545. The molecule has 1 unspecified atom stereocenters. The third-order valence-electron chi connectivity index (χ3n) is 2.73. The smallest absolute Gasteiger partial charge is 0.140 e. The van der Waals surface area contributed by atoms with Gasteiger partial charge in [-0.05, 0) is 19.4 Å². The van der Waals surface area contributed by atoms with Gasteiger partial charge in [0.25, 0.3) is 0 Å². The van der Waals surface area contributed by atoms with E-state index in [2.05, 4.69) is 10.3 Å². The van der Waals surface area contributed by atoms with E-state index in [0.717, 1.165) is 18.7 Å². The number of halogens is 1. The highest BCUT2D eigenvalue weighted by Crippen LogP contribution is 2.28. The van der Waals surface area contributed by atoms with Crippen LogP contribution in [-0.4, -0.2) is 18.6 Å². The van der Waals surface area contributed by atoms with Gasteiger partial charge in [-0.25, -0.2) is 0 Å². The molecule has 0 saturated carbocycles. The van der Waals surface area contributed by atoms with Gasteiger partial charge in [-0.2, -0.15) is 0 Å². The normalized spacial score (nSPS) is 21.3. The average Bonchev–Trinajstić information content (AvgIpc) is 2.31. The zero-order valence-corrected chi connectivity index (χ0v) is 9.55. The van der Waals surface area contributed by atoms with Crippen LogP contribution in [0.5, 0.6) is 5.75 Å². The van der Waals surface area contributed by atoms with Crippen LogP contribution >= 0.6 is 11.6 Å². The predicted octanol–water partition coefficient (Wildman–Crippen LogP) is 2.56. The van der Waals surface area contributed by atoms with Crippen LogP contribution in [0.4, 0.5) is 0 Å². The topological polar surface area (TPSA) is 34.1 Å². The zero-order valence-electron chi connectivity index (χ0n) is 8.79. The second-order valence-electron chi connectivity index (χ2n) is 3.75. The molecule has 1 aliphatic heterocycles. The monoisotopic (exact) mass is 226 g/mol. The summed E-state index contributed by atoms with van der Waals surface area (Å²) in [4.78, 5) is 4.34. The molecule has 1 atom stereocenters. The van der Waals surface area contributed by atoms with E-state index in [1.54, 1.807) is 13.3 Å². The maximum Gasteiger partial charge on any atom is 0.140 e. The Morgan fingerprint density at radius 3 is 3.07 bits per heavy atom. The van der Waals surface area contributed by atoms with E-state index >= 15 is 0 Å². The standard InChI is InChI=1S/C11H15ClN2O/c1-15-11-6-10(14-7-8(11)12)9-4-2-3-5-13-9/h6-7,9,13H,2-5H2,1H3. The van der Waals surface area contributed by atoms with Crippen LogP contribution in [0.15, 0.2) is 12.3 Å². The van der Waals surface area contributed by atoms with Gasteiger partial charge in [-0.15, -0.1) is 0 Å². The highest BCUT2D eigenvalue weighted by Gasteiger charge is 2.17. The zero-order chi connectivity index (χ0) is 10.7. The molecule has 82 valence electrons. The summed E-state index contributed by atoms with van der Waals surface area (Å²) in [6.07, 6.45) is 5.30. The maximum atomic E-state index is 5.93. The first-order valence-electron chi connectivity index (χ1n) is 5.24. The second kappa shape index (κ2) is 4.81. The number of piperidine rings is 1. The second-order valence-corrected chi connectivity index (χ2v) is 4.15. The van der Waals surface area contributed by atoms with Crippen molar-refractivity contribution in [3.8, 4) is 5.75 Å². The molecule has 1 aromatic rings. The number of nitrogens with one attached hydrogen (secondary N) is 1. The van der Waals surface area contributed by atoms with E-state index in [4.69, 9.17) is 16.3 Å². The number of hydrogen-bond acceptors (Lipinski definition) is 3. The SMILES string of the molecule is COc1cc(C2CCCCN2)ncc1Cl. The third-order valence-corrected chi connectivity index (χ3v) is 3.01. The van der Waals surface area contributed by atoms with Gasteiger partial charge in [0, 0.05) is 18.3 Å². The summed E-state index contributed by atoms with van der Waals surface area (Å²) in [7, 11) is 1.62. The molecule has 4 heteroatoms. The van der Waals surface area contributed by atoms with Crippen LogP contribution in [0.25, 0.3) is 0 Å². The summed E-state index contributed by atoms with van der Waals surface area (Å²) in [5, 5.41) is 4.01. The minimum absolute atomic E-state index is 0.352.